The largest absolute Gasteiger partial charge is 0.376 e. The van der Waals surface area contributed by atoms with E-state index >= 15 is 0 Å². The lowest BCUT2D eigenvalue weighted by molar-refractivity contribution is -0.384. The Bertz CT molecular complexity index is 1720. The molecule has 0 atom stereocenters. The number of anilines is 1. The Morgan fingerprint density at radius 3 is 2.66 bits per heavy atom. The summed E-state index contributed by atoms with van der Waals surface area (Å²) in [4.78, 5) is 40.5. The van der Waals surface area contributed by atoms with Crippen LogP contribution >= 0.6 is 12.4 Å². The summed E-state index contributed by atoms with van der Waals surface area (Å²) in [5.41, 5.74) is 10.7. The van der Waals surface area contributed by atoms with Crippen LogP contribution < -0.4 is 16.4 Å². The molecule has 1 amide bonds. The van der Waals surface area contributed by atoms with Gasteiger partial charge in [0.15, 0.2) is 0 Å². The summed E-state index contributed by atoms with van der Waals surface area (Å²) in [5, 5.41) is 19.7. The Morgan fingerprint density at radius 2 is 1.90 bits per heavy atom. The highest BCUT2D eigenvalue weighted by Gasteiger charge is 2.24. The van der Waals surface area contributed by atoms with E-state index < -0.39 is 4.92 Å². The molecule has 0 saturated heterocycles. The molecule has 4 heterocycles. The molecule has 0 aliphatic heterocycles. The first-order chi connectivity index (χ1) is 19.5. The predicted octanol–water partition coefficient (Wildman–Crippen LogP) is 5.11. The number of aromatic amines is 1. The number of pyridine rings is 3. The van der Waals surface area contributed by atoms with Crippen molar-refractivity contribution in [1.29, 1.82) is 0 Å². The van der Waals surface area contributed by atoms with Crippen LogP contribution in [-0.4, -0.2) is 42.9 Å². The van der Waals surface area contributed by atoms with Crippen molar-refractivity contribution in [3.63, 3.8) is 0 Å². The first-order valence-corrected chi connectivity index (χ1v) is 13.2. The molecule has 0 bridgehead atoms. The molecule has 1 aromatic carbocycles. The number of benzene rings is 1. The molecule has 5 N–H and O–H groups in total. The van der Waals surface area contributed by atoms with E-state index in [-0.39, 0.29) is 36.1 Å². The fourth-order valence-corrected chi connectivity index (χ4v) is 5.26. The summed E-state index contributed by atoms with van der Waals surface area (Å²) >= 11 is 0. The van der Waals surface area contributed by atoms with Crippen molar-refractivity contribution in [3.8, 4) is 11.1 Å². The monoisotopic (exact) mass is 572 g/mol. The Morgan fingerprint density at radius 1 is 1.07 bits per heavy atom. The summed E-state index contributed by atoms with van der Waals surface area (Å²) in [6.45, 7) is 0.351. The third kappa shape index (κ3) is 5.81. The van der Waals surface area contributed by atoms with Crippen molar-refractivity contribution in [2.24, 2.45) is 5.73 Å². The first-order valence-electron chi connectivity index (χ1n) is 13.2. The third-order valence-corrected chi connectivity index (χ3v) is 7.45. The molecule has 1 fully saturated rings. The van der Waals surface area contributed by atoms with Crippen LogP contribution in [0.3, 0.4) is 0 Å². The van der Waals surface area contributed by atoms with Gasteiger partial charge in [0, 0.05) is 59.8 Å². The number of nitro groups is 1. The fourth-order valence-electron chi connectivity index (χ4n) is 5.26. The first kappa shape index (κ1) is 27.9. The molecule has 1 aliphatic rings. The number of hydrogen-bond donors (Lipinski definition) is 4. The second-order valence-electron chi connectivity index (χ2n) is 10.1. The maximum atomic E-state index is 12.9. The van der Waals surface area contributed by atoms with Gasteiger partial charge in [-0.15, -0.1) is 12.4 Å². The van der Waals surface area contributed by atoms with Crippen molar-refractivity contribution in [3.05, 3.63) is 88.6 Å². The molecule has 0 spiro atoms. The van der Waals surface area contributed by atoms with Gasteiger partial charge in [-0.2, -0.15) is 0 Å². The lowest BCUT2D eigenvalue weighted by Gasteiger charge is -2.27. The van der Waals surface area contributed by atoms with Gasteiger partial charge in [-0.1, -0.05) is 12.1 Å². The van der Waals surface area contributed by atoms with Crippen LogP contribution in [0.4, 0.5) is 11.4 Å². The highest BCUT2D eigenvalue weighted by molar-refractivity contribution is 6.04. The molecule has 41 heavy (non-hydrogen) atoms. The predicted molar refractivity (Wildman–Crippen MR) is 160 cm³/mol. The molecular weight excluding hydrogens is 544 g/mol. The zero-order chi connectivity index (χ0) is 27.6. The normalized spacial score (nSPS) is 16.7. The number of aromatic nitrogens is 4. The van der Waals surface area contributed by atoms with Gasteiger partial charge in [0.25, 0.3) is 5.91 Å². The van der Waals surface area contributed by atoms with Gasteiger partial charge in [-0.05, 0) is 61.1 Å². The van der Waals surface area contributed by atoms with Crippen LogP contribution in [0.25, 0.3) is 33.1 Å². The van der Waals surface area contributed by atoms with Crippen molar-refractivity contribution in [1.82, 2.24) is 25.3 Å². The minimum Gasteiger partial charge on any atom is -0.376 e. The molecule has 210 valence electrons. The summed E-state index contributed by atoms with van der Waals surface area (Å²) in [6, 6.07) is 11.5. The van der Waals surface area contributed by atoms with Gasteiger partial charge in [0.2, 0.25) is 0 Å². The van der Waals surface area contributed by atoms with Gasteiger partial charge in [-0.25, -0.2) is 9.97 Å². The fraction of sp³-hybridized carbons (Fsp3) is 0.241. The van der Waals surface area contributed by atoms with Gasteiger partial charge in [0.05, 0.1) is 16.0 Å². The Labute approximate surface area is 241 Å². The minimum absolute atomic E-state index is 0. The summed E-state index contributed by atoms with van der Waals surface area (Å²) in [7, 11) is 0. The number of nitrogens with one attached hydrogen (secondary N) is 3. The number of hydrogen-bond acceptors (Lipinski definition) is 8. The van der Waals surface area contributed by atoms with E-state index in [2.05, 4.69) is 30.6 Å². The van der Waals surface area contributed by atoms with Crippen LogP contribution in [0, 0.1) is 10.1 Å². The molecule has 0 radical (unpaired) electrons. The molecule has 4 aromatic heterocycles. The van der Waals surface area contributed by atoms with E-state index in [1.165, 1.54) is 12.4 Å². The number of amides is 1. The lowest BCUT2D eigenvalue weighted by atomic mass is 9.91. The van der Waals surface area contributed by atoms with Gasteiger partial charge < -0.3 is 21.4 Å². The lowest BCUT2D eigenvalue weighted by Crippen LogP contribution is -2.33. The molecule has 5 aromatic rings. The third-order valence-electron chi connectivity index (χ3n) is 7.45. The zero-order valence-electron chi connectivity index (χ0n) is 22.0. The summed E-state index contributed by atoms with van der Waals surface area (Å²) in [6.07, 6.45) is 11.5. The maximum Gasteiger partial charge on any atom is 0.311 e. The number of halogens is 1. The maximum absolute atomic E-state index is 12.9. The van der Waals surface area contributed by atoms with Crippen LogP contribution in [0.15, 0.2) is 67.4 Å². The smallest absolute Gasteiger partial charge is 0.311 e. The minimum atomic E-state index is -0.401. The zero-order valence-corrected chi connectivity index (χ0v) is 22.9. The molecule has 12 heteroatoms. The van der Waals surface area contributed by atoms with Crippen LogP contribution in [0.2, 0.25) is 0 Å². The van der Waals surface area contributed by atoms with E-state index in [1.807, 2.05) is 36.5 Å². The average Bonchev–Trinajstić information content (AvgIpc) is 3.41. The van der Waals surface area contributed by atoms with Crippen molar-refractivity contribution < 1.29 is 9.72 Å². The number of nitrogens with zero attached hydrogens (tertiary/aromatic N) is 4. The van der Waals surface area contributed by atoms with Gasteiger partial charge >= 0.3 is 5.69 Å². The Kier molecular flexibility index (Phi) is 8.09. The number of nitrogens with two attached hydrogens (primary N) is 1. The van der Waals surface area contributed by atoms with E-state index in [9.17, 15) is 14.9 Å². The standard InChI is InChI=1S/C29H28N8O3.ClH/c30-20-4-6-21(7-5-20)36-27-23-10-18(3-8-25(23)32-16-26(27)37(39)40)24-15-34-28-22(24)11-19(14-33-28)29(38)35-13-17-2-1-9-31-12-17;/h1-3,8-12,14-16,20-21H,4-7,13,30H2,(H,32,36)(H,33,34)(H,35,38);1H. The molecule has 0 unspecified atom stereocenters. The number of fused-ring (bicyclic) bond motifs is 2. The molecular formula is C29H29ClN8O3. The van der Waals surface area contributed by atoms with E-state index in [0.29, 0.717) is 34.3 Å². The van der Waals surface area contributed by atoms with Gasteiger partial charge in [-0.3, -0.25) is 19.9 Å². The Hall–Kier alpha value is -4.61. The Balaban J connectivity index is 0.00000337. The highest BCUT2D eigenvalue weighted by Crippen LogP contribution is 2.37. The number of H-pyrrole nitrogens is 1. The highest BCUT2D eigenvalue weighted by atomic mass is 35.5. The van der Waals surface area contributed by atoms with Gasteiger partial charge in [0.1, 0.15) is 17.5 Å². The van der Waals surface area contributed by atoms with Crippen LogP contribution in [0.1, 0.15) is 41.6 Å². The van der Waals surface area contributed by atoms with Crippen LogP contribution in [-0.2, 0) is 6.54 Å². The number of carbonyl (C=O) groups is 1. The number of rotatable bonds is 7. The topological polar surface area (TPSA) is 165 Å². The second-order valence-corrected chi connectivity index (χ2v) is 10.1. The molecule has 11 nitrogen and oxygen atoms in total. The van der Waals surface area contributed by atoms with Crippen molar-refractivity contribution in [2.45, 2.75) is 44.3 Å². The van der Waals surface area contributed by atoms with Crippen molar-refractivity contribution >= 4 is 51.6 Å². The SMILES string of the molecule is Cl.NC1CCC(Nc2c([N+](=O)[O-])cnc3ccc(-c4c[nH]c5ncc(C(=O)NCc6cccnc6)cc45)cc23)CC1. The quantitative estimate of drug-likeness (QED) is 0.154. The van der Waals surface area contributed by atoms with E-state index in [0.717, 1.165) is 47.8 Å². The van der Waals surface area contributed by atoms with E-state index in [1.54, 1.807) is 18.5 Å². The summed E-state index contributed by atoms with van der Waals surface area (Å²) < 4.78 is 0. The average molecular weight is 573 g/mol. The van der Waals surface area contributed by atoms with Crippen LogP contribution in [0.5, 0.6) is 0 Å². The molecule has 1 saturated carbocycles. The van der Waals surface area contributed by atoms with E-state index in [4.69, 9.17) is 5.73 Å². The second kappa shape index (κ2) is 11.9. The van der Waals surface area contributed by atoms with Crippen molar-refractivity contribution in [2.75, 3.05) is 5.32 Å². The molecule has 6 rings (SSSR count). The number of carbonyl (C=O) groups excluding carboxylic acids is 1. The molecule has 1 aliphatic carbocycles. The summed E-state index contributed by atoms with van der Waals surface area (Å²) in [5.74, 6) is -0.248.